The molecule has 0 aliphatic heterocycles. The zero-order chi connectivity index (χ0) is 14.6. The Morgan fingerprint density at radius 3 is 2.47 bits per heavy atom. The molecule has 0 fully saturated rings. The van der Waals surface area contributed by atoms with Crippen LogP contribution in [-0.4, -0.2) is 22.6 Å². The highest BCUT2D eigenvalue weighted by Crippen LogP contribution is 2.20. The highest BCUT2D eigenvalue weighted by Gasteiger charge is 2.23. The molecule has 0 radical (unpaired) electrons. The summed E-state index contributed by atoms with van der Waals surface area (Å²) >= 11 is 1.65. The monoisotopic (exact) mass is 284 g/mol. The molecule has 3 N–H and O–H groups in total. The van der Waals surface area contributed by atoms with Crippen molar-refractivity contribution in [3.05, 3.63) is 21.4 Å². The first-order valence-corrected chi connectivity index (χ1v) is 6.85. The molecule has 0 saturated heterocycles. The molecule has 6 heteroatoms. The molecule has 1 aromatic heterocycles. The third-order valence-corrected chi connectivity index (χ3v) is 3.84. The predicted molar refractivity (Wildman–Crippen MR) is 75.5 cm³/mol. The molecule has 1 aromatic rings. The maximum Gasteiger partial charge on any atom is 0.315 e. The van der Waals surface area contributed by atoms with Gasteiger partial charge in [0.15, 0.2) is 0 Å². The van der Waals surface area contributed by atoms with Gasteiger partial charge in [-0.1, -0.05) is 0 Å². The van der Waals surface area contributed by atoms with Crippen LogP contribution in [0.1, 0.15) is 35.6 Å². The Kier molecular flexibility index (Phi) is 4.94. The van der Waals surface area contributed by atoms with Crippen LogP contribution in [0.5, 0.6) is 0 Å². The second kappa shape index (κ2) is 6.06. The zero-order valence-electron chi connectivity index (χ0n) is 11.7. The molecule has 1 heterocycles. The van der Waals surface area contributed by atoms with Gasteiger partial charge in [0.1, 0.15) is 0 Å². The highest BCUT2D eigenvalue weighted by molar-refractivity contribution is 7.12. The molecule has 0 unspecified atom stereocenters. The quantitative estimate of drug-likeness (QED) is 0.777. The first kappa shape index (κ1) is 15.5. The summed E-state index contributed by atoms with van der Waals surface area (Å²) in [4.78, 5) is 24.7. The van der Waals surface area contributed by atoms with E-state index in [1.54, 1.807) is 25.2 Å². The van der Waals surface area contributed by atoms with E-state index in [-0.39, 0.29) is 12.5 Å². The third kappa shape index (κ3) is 5.30. The van der Waals surface area contributed by atoms with Crippen molar-refractivity contribution in [2.45, 2.75) is 46.2 Å². The van der Waals surface area contributed by atoms with Gasteiger partial charge < -0.3 is 15.7 Å². The van der Waals surface area contributed by atoms with Crippen LogP contribution in [0.2, 0.25) is 0 Å². The number of nitrogens with one attached hydrogen (secondary N) is 2. The summed E-state index contributed by atoms with van der Waals surface area (Å²) in [5.74, 6) is -0.935. The second-order valence-electron chi connectivity index (χ2n) is 5.21. The molecule has 0 atom stereocenters. The molecule has 0 bridgehead atoms. The van der Waals surface area contributed by atoms with Gasteiger partial charge in [-0.25, -0.2) is 4.79 Å². The van der Waals surface area contributed by atoms with Crippen LogP contribution >= 0.6 is 11.3 Å². The number of carbonyl (C=O) groups is 2. The van der Waals surface area contributed by atoms with E-state index in [2.05, 4.69) is 10.6 Å². The Morgan fingerprint density at radius 2 is 2.00 bits per heavy atom. The standard InChI is InChI=1S/C13H20N2O3S/c1-8-5-10(19-9(8)2)7-14-12(18)15-13(3,4)6-11(16)17/h5H,6-7H2,1-4H3,(H,16,17)(H2,14,15,18). The molecular weight excluding hydrogens is 264 g/mol. The number of hydrogen-bond donors (Lipinski definition) is 3. The number of hydrogen-bond acceptors (Lipinski definition) is 3. The summed E-state index contributed by atoms with van der Waals surface area (Å²) in [5, 5.41) is 14.1. The topological polar surface area (TPSA) is 78.4 Å². The lowest BCUT2D eigenvalue weighted by Crippen LogP contribution is -2.49. The van der Waals surface area contributed by atoms with Crippen molar-refractivity contribution in [1.82, 2.24) is 10.6 Å². The van der Waals surface area contributed by atoms with E-state index in [9.17, 15) is 9.59 Å². The molecule has 19 heavy (non-hydrogen) atoms. The number of carboxylic acid groups (broad SMARTS) is 1. The SMILES string of the molecule is Cc1cc(CNC(=O)NC(C)(C)CC(=O)O)sc1C. The van der Waals surface area contributed by atoms with Gasteiger partial charge in [0.2, 0.25) is 0 Å². The van der Waals surface area contributed by atoms with Gasteiger partial charge in [-0.2, -0.15) is 0 Å². The van der Waals surface area contributed by atoms with Gasteiger partial charge in [-0.05, 0) is 39.3 Å². The Hall–Kier alpha value is -1.56. The van der Waals surface area contributed by atoms with E-state index in [4.69, 9.17) is 5.11 Å². The summed E-state index contributed by atoms with van der Waals surface area (Å²) < 4.78 is 0. The summed E-state index contributed by atoms with van der Waals surface area (Å²) in [6.07, 6.45) is -0.113. The van der Waals surface area contributed by atoms with Crippen LogP contribution in [0.15, 0.2) is 6.07 Å². The van der Waals surface area contributed by atoms with Crippen molar-refractivity contribution in [3.8, 4) is 0 Å². The molecule has 0 spiro atoms. The molecular formula is C13H20N2O3S. The molecule has 0 aliphatic carbocycles. The Morgan fingerprint density at radius 1 is 1.37 bits per heavy atom. The summed E-state index contributed by atoms with van der Waals surface area (Å²) in [6.45, 7) is 7.89. The van der Waals surface area contributed by atoms with E-state index >= 15 is 0 Å². The van der Waals surface area contributed by atoms with Crippen molar-refractivity contribution < 1.29 is 14.7 Å². The van der Waals surface area contributed by atoms with Gasteiger partial charge in [0.25, 0.3) is 0 Å². The average molecular weight is 284 g/mol. The molecule has 0 saturated carbocycles. The normalized spacial score (nSPS) is 11.2. The minimum atomic E-state index is -0.935. The molecule has 106 valence electrons. The largest absolute Gasteiger partial charge is 0.481 e. The number of aliphatic carboxylic acids is 1. The number of rotatable bonds is 5. The number of carbonyl (C=O) groups excluding carboxylic acids is 1. The van der Waals surface area contributed by atoms with Gasteiger partial charge in [0, 0.05) is 15.3 Å². The summed E-state index contributed by atoms with van der Waals surface area (Å²) in [5.41, 5.74) is 0.449. The predicted octanol–water partition coefficient (Wildman–Crippen LogP) is 2.42. The highest BCUT2D eigenvalue weighted by atomic mass is 32.1. The van der Waals surface area contributed by atoms with Crippen molar-refractivity contribution in [3.63, 3.8) is 0 Å². The smallest absolute Gasteiger partial charge is 0.315 e. The van der Waals surface area contributed by atoms with E-state index in [0.29, 0.717) is 6.54 Å². The number of thiophene rings is 1. The fourth-order valence-corrected chi connectivity index (χ4v) is 2.67. The fraction of sp³-hybridized carbons (Fsp3) is 0.538. The molecule has 0 aromatic carbocycles. The lowest BCUT2D eigenvalue weighted by Gasteiger charge is -2.24. The number of amides is 2. The van der Waals surface area contributed by atoms with Crippen LogP contribution in [0, 0.1) is 13.8 Å². The lowest BCUT2D eigenvalue weighted by atomic mass is 10.0. The first-order chi connectivity index (χ1) is 8.69. The van der Waals surface area contributed by atoms with E-state index in [0.717, 1.165) is 4.88 Å². The Balaban J connectivity index is 2.45. The van der Waals surface area contributed by atoms with Crippen LogP contribution in [-0.2, 0) is 11.3 Å². The van der Waals surface area contributed by atoms with Crippen molar-refractivity contribution in [2.75, 3.05) is 0 Å². The van der Waals surface area contributed by atoms with E-state index < -0.39 is 11.5 Å². The Labute approximate surface area is 117 Å². The van der Waals surface area contributed by atoms with E-state index in [1.165, 1.54) is 10.4 Å². The summed E-state index contributed by atoms with van der Waals surface area (Å²) in [7, 11) is 0. The van der Waals surface area contributed by atoms with Gasteiger partial charge in [-0.3, -0.25) is 4.79 Å². The fourth-order valence-electron chi connectivity index (χ4n) is 1.68. The maximum atomic E-state index is 11.7. The van der Waals surface area contributed by atoms with Crippen molar-refractivity contribution >= 4 is 23.3 Å². The molecule has 0 aliphatic rings. The van der Waals surface area contributed by atoms with Gasteiger partial charge >= 0.3 is 12.0 Å². The lowest BCUT2D eigenvalue weighted by molar-refractivity contribution is -0.138. The van der Waals surface area contributed by atoms with E-state index in [1.807, 2.05) is 19.9 Å². The summed E-state index contributed by atoms with van der Waals surface area (Å²) in [6, 6.07) is 1.69. The molecule has 5 nitrogen and oxygen atoms in total. The molecule has 1 rings (SSSR count). The number of aryl methyl sites for hydroxylation is 2. The minimum Gasteiger partial charge on any atom is -0.481 e. The van der Waals surface area contributed by atoms with Crippen LogP contribution in [0.4, 0.5) is 4.79 Å². The maximum absolute atomic E-state index is 11.7. The van der Waals surface area contributed by atoms with Gasteiger partial charge in [0.05, 0.1) is 13.0 Å². The third-order valence-electron chi connectivity index (χ3n) is 2.69. The average Bonchev–Trinajstić information content (AvgIpc) is 2.53. The van der Waals surface area contributed by atoms with Gasteiger partial charge in [-0.15, -0.1) is 11.3 Å². The van der Waals surface area contributed by atoms with Crippen LogP contribution < -0.4 is 10.6 Å². The van der Waals surface area contributed by atoms with Crippen LogP contribution in [0.3, 0.4) is 0 Å². The van der Waals surface area contributed by atoms with Crippen LogP contribution in [0.25, 0.3) is 0 Å². The number of carboxylic acids is 1. The van der Waals surface area contributed by atoms with Crippen molar-refractivity contribution in [1.29, 1.82) is 0 Å². The molecule has 2 amide bonds. The minimum absolute atomic E-state index is 0.113. The Bertz CT molecular complexity index is 461. The number of urea groups is 1. The zero-order valence-corrected chi connectivity index (χ0v) is 12.5. The second-order valence-corrected chi connectivity index (χ2v) is 6.55. The van der Waals surface area contributed by atoms with Crippen molar-refractivity contribution in [2.24, 2.45) is 0 Å². The first-order valence-electron chi connectivity index (χ1n) is 6.03.